The van der Waals surface area contributed by atoms with E-state index >= 15 is 0 Å². The molecule has 9 heteroatoms. The average Bonchev–Trinajstić information content (AvgIpc) is 2.88. The number of nitrogens with two attached hydrogens (primary N) is 1. The number of carbonyl (C=O) groups is 2. The number of aromatic carboxylic acids is 1. The molecular weight excluding hydrogens is 298 g/mol. The van der Waals surface area contributed by atoms with Gasteiger partial charge in [0.05, 0.1) is 22.5 Å². The first-order valence-electron chi connectivity index (χ1n) is 5.91. The lowest BCUT2D eigenvalue weighted by atomic mass is 10.2. The van der Waals surface area contributed by atoms with Crippen LogP contribution >= 0.6 is 11.6 Å². The fourth-order valence-electron chi connectivity index (χ4n) is 1.62. The first-order chi connectivity index (χ1) is 9.99. The van der Waals surface area contributed by atoms with Crippen LogP contribution in [0.1, 0.15) is 16.1 Å². The largest absolute Gasteiger partial charge is 0.478 e. The van der Waals surface area contributed by atoms with Gasteiger partial charge in [0, 0.05) is 12.2 Å². The van der Waals surface area contributed by atoms with Gasteiger partial charge in [0.15, 0.2) is 0 Å². The summed E-state index contributed by atoms with van der Waals surface area (Å²) < 4.78 is 1.34. The van der Waals surface area contributed by atoms with E-state index in [-0.39, 0.29) is 29.6 Å². The number of anilines is 1. The van der Waals surface area contributed by atoms with Crippen molar-refractivity contribution in [3.05, 3.63) is 40.7 Å². The zero-order valence-electron chi connectivity index (χ0n) is 10.8. The van der Waals surface area contributed by atoms with Gasteiger partial charge in [0.2, 0.25) is 5.91 Å². The Labute approximate surface area is 124 Å². The third kappa shape index (κ3) is 3.77. The van der Waals surface area contributed by atoms with E-state index in [1.807, 2.05) is 0 Å². The molecule has 0 bridgehead atoms. The van der Waals surface area contributed by atoms with Gasteiger partial charge in [-0.05, 0) is 18.2 Å². The third-order valence-electron chi connectivity index (χ3n) is 2.58. The highest BCUT2D eigenvalue weighted by Crippen LogP contribution is 2.20. The Morgan fingerprint density at radius 2 is 2.19 bits per heavy atom. The van der Waals surface area contributed by atoms with E-state index in [1.165, 1.54) is 22.9 Å². The lowest BCUT2D eigenvalue weighted by Crippen LogP contribution is -2.19. The van der Waals surface area contributed by atoms with Gasteiger partial charge in [0.1, 0.15) is 6.54 Å². The van der Waals surface area contributed by atoms with E-state index in [0.29, 0.717) is 11.4 Å². The molecule has 1 heterocycles. The monoisotopic (exact) mass is 309 g/mol. The Morgan fingerprint density at radius 3 is 2.81 bits per heavy atom. The van der Waals surface area contributed by atoms with E-state index < -0.39 is 5.97 Å². The molecule has 0 aliphatic heterocycles. The van der Waals surface area contributed by atoms with Crippen LogP contribution in [-0.2, 0) is 17.9 Å². The van der Waals surface area contributed by atoms with E-state index in [4.69, 9.17) is 22.4 Å². The maximum Gasteiger partial charge on any atom is 0.337 e. The first-order valence-corrected chi connectivity index (χ1v) is 6.29. The summed E-state index contributed by atoms with van der Waals surface area (Å²) in [6.45, 7) is 0.179. The van der Waals surface area contributed by atoms with E-state index in [0.717, 1.165) is 0 Å². The number of carboxylic acid groups (broad SMARTS) is 1. The van der Waals surface area contributed by atoms with Gasteiger partial charge in [0.25, 0.3) is 0 Å². The third-order valence-corrected chi connectivity index (χ3v) is 2.91. The van der Waals surface area contributed by atoms with Crippen LogP contribution in [0.2, 0.25) is 5.02 Å². The molecule has 1 amide bonds. The number of halogens is 1. The molecule has 0 aliphatic rings. The molecule has 0 saturated carbocycles. The van der Waals surface area contributed by atoms with Crippen molar-refractivity contribution >= 4 is 29.2 Å². The van der Waals surface area contributed by atoms with Crippen molar-refractivity contribution in [2.45, 2.75) is 13.1 Å². The average molecular weight is 310 g/mol. The minimum atomic E-state index is -1.17. The standard InChI is InChI=1S/C12H12ClN5O3/c13-10-2-1-7(3-9(10)12(20)21)15-11(19)6-18-5-8(4-14)16-17-18/h1-3,5H,4,6,14H2,(H,15,19)(H,20,21). The number of nitrogens with zero attached hydrogens (tertiary/aromatic N) is 3. The Balaban J connectivity index is 2.05. The van der Waals surface area contributed by atoms with Gasteiger partial charge in [-0.3, -0.25) is 4.79 Å². The van der Waals surface area contributed by atoms with Gasteiger partial charge in [-0.15, -0.1) is 5.10 Å². The smallest absolute Gasteiger partial charge is 0.337 e. The number of carboxylic acids is 1. The molecule has 4 N–H and O–H groups in total. The van der Waals surface area contributed by atoms with Crippen molar-refractivity contribution in [3.63, 3.8) is 0 Å². The second-order valence-electron chi connectivity index (χ2n) is 4.16. The van der Waals surface area contributed by atoms with Gasteiger partial charge in [-0.25, -0.2) is 9.48 Å². The molecule has 0 unspecified atom stereocenters. The summed E-state index contributed by atoms with van der Waals surface area (Å²) in [6, 6.07) is 4.21. The van der Waals surface area contributed by atoms with Crippen LogP contribution in [0.25, 0.3) is 0 Å². The summed E-state index contributed by atoms with van der Waals surface area (Å²) in [6.07, 6.45) is 1.56. The predicted molar refractivity (Wildman–Crippen MR) is 75.0 cm³/mol. The second-order valence-corrected chi connectivity index (χ2v) is 4.57. The maximum atomic E-state index is 11.8. The van der Waals surface area contributed by atoms with Crippen molar-refractivity contribution in [2.24, 2.45) is 5.73 Å². The molecule has 0 fully saturated rings. The van der Waals surface area contributed by atoms with E-state index in [1.54, 1.807) is 6.20 Å². The lowest BCUT2D eigenvalue weighted by molar-refractivity contribution is -0.116. The molecule has 0 spiro atoms. The fourth-order valence-corrected chi connectivity index (χ4v) is 1.82. The predicted octanol–water partition coefficient (Wildman–Crippen LogP) is 0.727. The summed E-state index contributed by atoms with van der Waals surface area (Å²) >= 11 is 5.75. The molecule has 0 atom stereocenters. The van der Waals surface area contributed by atoms with Gasteiger partial charge in [-0.1, -0.05) is 16.8 Å². The molecule has 1 aromatic carbocycles. The van der Waals surface area contributed by atoms with Gasteiger partial charge in [-0.2, -0.15) is 0 Å². The molecule has 2 rings (SSSR count). The van der Waals surface area contributed by atoms with E-state index in [2.05, 4.69) is 15.6 Å². The quantitative estimate of drug-likeness (QED) is 0.748. The highest BCUT2D eigenvalue weighted by molar-refractivity contribution is 6.33. The second kappa shape index (κ2) is 6.33. The van der Waals surface area contributed by atoms with Crippen LogP contribution in [0.4, 0.5) is 5.69 Å². The van der Waals surface area contributed by atoms with Crippen molar-refractivity contribution in [3.8, 4) is 0 Å². The molecule has 0 radical (unpaired) electrons. The first kappa shape index (κ1) is 14.9. The van der Waals surface area contributed by atoms with E-state index in [9.17, 15) is 9.59 Å². The lowest BCUT2D eigenvalue weighted by Gasteiger charge is -2.07. The Kier molecular flexibility index (Phi) is 4.51. The number of rotatable bonds is 5. The number of carbonyl (C=O) groups excluding carboxylic acids is 1. The van der Waals surface area contributed by atoms with Crippen LogP contribution in [0.15, 0.2) is 24.4 Å². The number of amides is 1. The molecule has 21 heavy (non-hydrogen) atoms. The number of nitrogens with one attached hydrogen (secondary N) is 1. The maximum absolute atomic E-state index is 11.8. The number of benzene rings is 1. The van der Waals surface area contributed by atoms with Crippen LogP contribution in [-0.4, -0.2) is 32.0 Å². The molecular formula is C12H12ClN5O3. The summed E-state index contributed by atoms with van der Waals surface area (Å²) in [4.78, 5) is 22.8. The van der Waals surface area contributed by atoms with Crippen LogP contribution < -0.4 is 11.1 Å². The Morgan fingerprint density at radius 1 is 1.43 bits per heavy atom. The summed E-state index contributed by atoms with van der Waals surface area (Å²) in [7, 11) is 0. The minimum absolute atomic E-state index is 0.0575. The Bertz CT molecular complexity index is 685. The number of hydrogen-bond acceptors (Lipinski definition) is 5. The minimum Gasteiger partial charge on any atom is -0.478 e. The summed E-state index contributed by atoms with van der Waals surface area (Å²) in [5, 5.41) is 19.1. The molecule has 1 aromatic heterocycles. The van der Waals surface area contributed by atoms with Crippen LogP contribution in [0.3, 0.4) is 0 Å². The van der Waals surface area contributed by atoms with Crippen molar-refractivity contribution in [1.82, 2.24) is 15.0 Å². The summed E-state index contributed by atoms with van der Waals surface area (Å²) in [5.41, 5.74) is 6.22. The molecule has 8 nitrogen and oxygen atoms in total. The molecule has 0 saturated heterocycles. The van der Waals surface area contributed by atoms with Crippen molar-refractivity contribution < 1.29 is 14.7 Å². The zero-order chi connectivity index (χ0) is 15.4. The summed E-state index contributed by atoms with van der Waals surface area (Å²) in [5.74, 6) is -1.54. The highest BCUT2D eigenvalue weighted by atomic mass is 35.5. The van der Waals surface area contributed by atoms with Crippen LogP contribution in [0.5, 0.6) is 0 Å². The topological polar surface area (TPSA) is 123 Å². The van der Waals surface area contributed by atoms with Crippen LogP contribution in [0, 0.1) is 0 Å². The molecule has 0 aliphatic carbocycles. The van der Waals surface area contributed by atoms with Gasteiger partial charge >= 0.3 is 5.97 Å². The van der Waals surface area contributed by atoms with Gasteiger partial charge < -0.3 is 16.2 Å². The SMILES string of the molecule is NCc1cn(CC(=O)Nc2ccc(Cl)c(C(=O)O)c2)nn1. The number of aromatic nitrogens is 3. The highest BCUT2D eigenvalue weighted by Gasteiger charge is 2.11. The number of hydrogen-bond donors (Lipinski definition) is 3. The normalized spacial score (nSPS) is 10.4. The fraction of sp³-hybridized carbons (Fsp3) is 0.167. The molecule has 110 valence electrons. The Hall–Kier alpha value is -2.45. The van der Waals surface area contributed by atoms with Crippen molar-refractivity contribution in [2.75, 3.05) is 5.32 Å². The van der Waals surface area contributed by atoms with Crippen molar-refractivity contribution in [1.29, 1.82) is 0 Å². The molecule has 2 aromatic rings. The zero-order valence-corrected chi connectivity index (χ0v) is 11.5.